The lowest BCUT2D eigenvalue weighted by atomic mass is 10.0. The number of rotatable bonds is 3. The number of imide groups is 1. The number of hydrogen-bond donors (Lipinski definition) is 2. The van der Waals surface area contributed by atoms with Gasteiger partial charge in [0.2, 0.25) is 5.91 Å². The number of amides is 2. The van der Waals surface area contributed by atoms with Crippen molar-refractivity contribution in [2.45, 2.75) is 52.7 Å². The highest BCUT2D eigenvalue weighted by atomic mass is 16.6. The molecule has 0 saturated carbocycles. The lowest BCUT2D eigenvalue weighted by molar-refractivity contribution is -0.122. The Morgan fingerprint density at radius 2 is 1.81 bits per heavy atom. The van der Waals surface area contributed by atoms with Crippen molar-refractivity contribution in [3.8, 4) is 0 Å². The topological polar surface area (TPSA) is 81.4 Å². The third kappa shape index (κ3) is 7.23. The first-order valence-electron chi connectivity index (χ1n) is 5.41. The minimum absolute atomic E-state index is 0.305. The second-order valence-corrected chi connectivity index (χ2v) is 5.23. The van der Waals surface area contributed by atoms with Crippen molar-refractivity contribution < 1.29 is 14.3 Å². The molecule has 5 nitrogen and oxygen atoms in total. The fourth-order valence-electron chi connectivity index (χ4n) is 1.11. The van der Waals surface area contributed by atoms with Crippen LogP contribution >= 0.6 is 0 Å². The van der Waals surface area contributed by atoms with Crippen molar-refractivity contribution in [2.75, 3.05) is 0 Å². The average Bonchev–Trinajstić information content (AvgIpc) is 1.98. The number of carbonyl (C=O) groups excluding carboxylic acids is 2. The standard InChI is InChI=1S/C11H22N2O3/c1-7(2)6-8(12)9(14)13-10(15)16-11(3,4)5/h7-8H,6,12H2,1-5H3,(H,13,14,15). The zero-order valence-electron chi connectivity index (χ0n) is 10.7. The molecule has 0 aliphatic rings. The second kappa shape index (κ2) is 5.84. The zero-order chi connectivity index (χ0) is 12.9. The van der Waals surface area contributed by atoms with Crippen LogP contribution in [0.15, 0.2) is 0 Å². The Morgan fingerprint density at radius 1 is 1.31 bits per heavy atom. The van der Waals surface area contributed by atoms with Crippen LogP contribution in [0.1, 0.15) is 41.0 Å². The van der Waals surface area contributed by atoms with Gasteiger partial charge < -0.3 is 10.5 Å². The molecule has 16 heavy (non-hydrogen) atoms. The van der Waals surface area contributed by atoms with Crippen LogP contribution in [0.25, 0.3) is 0 Å². The molecule has 0 heterocycles. The Labute approximate surface area is 96.7 Å². The zero-order valence-corrected chi connectivity index (χ0v) is 10.7. The molecule has 0 bridgehead atoms. The van der Waals surface area contributed by atoms with E-state index >= 15 is 0 Å². The van der Waals surface area contributed by atoms with Gasteiger partial charge >= 0.3 is 6.09 Å². The van der Waals surface area contributed by atoms with Gasteiger partial charge in [-0.05, 0) is 33.1 Å². The Hall–Kier alpha value is -1.10. The highest BCUT2D eigenvalue weighted by Gasteiger charge is 2.21. The maximum Gasteiger partial charge on any atom is 0.414 e. The van der Waals surface area contributed by atoms with E-state index in [9.17, 15) is 9.59 Å². The molecule has 3 N–H and O–H groups in total. The number of alkyl carbamates (subject to hydrolysis) is 1. The summed E-state index contributed by atoms with van der Waals surface area (Å²) in [6, 6.07) is -0.674. The van der Waals surface area contributed by atoms with Crippen LogP contribution in [0.3, 0.4) is 0 Å². The molecular formula is C11H22N2O3. The minimum Gasteiger partial charge on any atom is -0.444 e. The van der Waals surface area contributed by atoms with Crippen LogP contribution in [0, 0.1) is 5.92 Å². The largest absolute Gasteiger partial charge is 0.444 e. The van der Waals surface area contributed by atoms with Crippen molar-refractivity contribution in [3.63, 3.8) is 0 Å². The van der Waals surface area contributed by atoms with Crippen LogP contribution in [-0.2, 0) is 9.53 Å². The summed E-state index contributed by atoms with van der Waals surface area (Å²) in [5.41, 5.74) is 4.99. The highest BCUT2D eigenvalue weighted by molar-refractivity contribution is 5.94. The van der Waals surface area contributed by atoms with Gasteiger partial charge in [-0.25, -0.2) is 4.79 Å². The van der Waals surface area contributed by atoms with E-state index in [2.05, 4.69) is 5.32 Å². The van der Waals surface area contributed by atoms with Gasteiger partial charge in [-0.15, -0.1) is 0 Å². The minimum atomic E-state index is -0.753. The lowest BCUT2D eigenvalue weighted by Gasteiger charge is -2.20. The van der Waals surface area contributed by atoms with E-state index in [1.54, 1.807) is 20.8 Å². The first kappa shape index (κ1) is 14.9. The monoisotopic (exact) mass is 230 g/mol. The lowest BCUT2D eigenvalue weighted by Crippen LogP contribution is -2.45. The SMILES string of the molecule is CC(C)CC(N)C(=O)NC(=O)OC(C)(C)C. The summed E-state index contributed by atoms with van der Waals surface area (Å²) in [7, 11) is 0. The van der Waals surface area contributed by atoms with Crippen LogP contribution < -0.4 is 11.1 Å². The summed E-state index contributed by atoms with van der Waals surface area (Å²) >= 11 is 0. The molecule has 0 rings (SSSR count). The Morgan fingerprint density at radius 3 is 2.19 bits per heavy atom. The number of nitrogens with one attached hydrogen (secondary N) is 1. The van der Waals surface area contributed by atoms with Gasteiger partial charge in [0.25, 0.3) is 0 Å². The van der Waals surface area contributed by atoms with E-state index in [-0.39, 0.29) is 0 Å². The molecule has 0 aromatic carbocycles. The normalized spacial score (nSPS) is 13.4. The van der Waals surface area contributed by atoms with E-state index < -0.39 is 23.6 Å². The molecule has 1 unspecified atom stereocenters. The molecule has 2 amide bonds. The molecule has 0 aromatic heterocycles. The first-order valence-corrected chi connectivity index (χ1v) is 5.41. The van der Waals surface area contributed by atoms with E-state index in [4.69, 9.17) is 10.5 Å². The summed E-state index contributed by atoms with van der Waals surface area (Å²) in [4.78, 5) is 22.7. The van der Waals surface area contributed by atoms with E-state index in [0.29, 0.717) is 12.3 Å². The molecule has 5 heteroatoms. The molecule has 0 radical (unpaired) electrons. The maximum absolute atomic E-state index is 11.4. The smallest absolute Gasteiger partial charge is 0.414 e. The Balaban J connectivity index is 4.10. The van der Waals surface area contributed by atoms with Gasteiger partial charge in [0.05, 0.1) is 6.04 Å². The molecule has 0 aromatic rings. The number of ether oxygens (including phenoxy) is 1. The van der Waals surface area contributed by atoms with Crippen molar-refractivity contribution in [2.24, 2.45) is 11.7 Å². The number of hydrogen-bond acceptors (Lipinski definition) is 4. The van der Waals surface area contributed by atoms with E-state index in [1.165, 1.54) is 0 Å². The molecule has 0 aliphatic heterocycles. The van der Waals surface area contributed by atoms with Crippen molar-refractivity contribution in [3.05, 3.63) is 0 Å². The van der Waals surface area contributed by atoms with Crippen molar-refractivity contribution in [1.82, 2.24) is 5.32 Å². The van der Waals surface area contributed by atoms with Gasteiger partial charge in [0, 0.05) is 0 Å². The predicted molar refractivity (Wildman–Crippen MR) is 61.8 cm³/mol. The summed E-state index contributed by atoms with van der Waals surface area (Å²) in [5, 5.41) is 2.12. The summed E-state index contributed by atoms with van der Waals surface area (Å²) in [6.45, 7) is 9.10. The third-order valence-corrected chi connectivity index (χ3v) is 1.69. The van der Waals surface area contributed by atoms with Crippen molar-refractivity contribution >= 4 is 12.0 Å². The van der Waals surface area contributed by atoms with Gasteiger partial charge in [0.15, 0.2) is 0 Å². The average molecular weight is 230 g/mol. The van der Waals surface area contributed by atoms with Gasteiger partial charge in [-0.1, -0.05) is 13.8 Å². The molecule has 0 spiro atoms. The molecule has 0 aliphatic carbocycles. The van der Waals surface area contributed by atoms with E-state index in [1.807, 2.05) is 13.8 Å². The van der Waals surface area contributed by atoms with Gasteiger partial charge in [-0.3, -0.25) is 10.1 Å². The van der Waals surface area contributed by atoms with Crippen LogP contribution in [0.2, 0.25) is 0 Å². The second-order valence-electron chi connectivity index (χ2n) is 5.23. The Kier molecular flexibility index (Phi) is 5.44. The van der Waals surface area contributed by atoms with Crippen molar-refractivity contribution in [1.29, 1.82) is 0 Å². The molecule has 94 valence electrons. The van der Waals surface area contributed by atoms with Gasteiger partial charge in [0.1, 0.15) is 5.60 Å². The third-order valence-electron chi connectivity index (χ3n) is 1.69. The maximum atomic E-state index is 11.4. The summed E-state index contributed by atoms with van der Waals surface area (Å²) in [6.07, 6.45) is -0.217. The Bertz CT molecular complexity index is 256. The fraction of sp³-hybridized carbons (Fsp3) is 0.818. The molecular weight excluding hydrogens is 208 g/mol. The number of nitrogens with two attached hydrogens (primary N) is 1. The molecule has 1 atom stereocenters. The number of carbonyl (C=O) groups is 2. The fourth-order valence-corrected chi connectivity index (χ4v) is 1.11. The summed E-state index contributed by atoms with van der Waals surface area (Å²) in [5.74, 6) is -0.192. The van der Waals surface area contributed by atoms with E-state index in [0.717, 1.165) is 0 Å². The van der Waals surface area contributed by atoms with Crippen LogP contribution in [0.4, 0.5) is 4.79 Å². The molecule has 0 saturated heterocycles. The molecule has 0 fully saturated rings. The highest BCUT2D eigenvalue weighted by Crippen LogP contribution is 2.07. The summed E-state index contributed by atoms with van der Waals surface area (Å²) < 4.78 is 4.94. The van der Waals surface area contributed by atoms with Crippen LogP contribution in [0.5, 0.6) is 0 Å². The first-order chi connectivity index (χ1) is 7.11. The predicted octanol–water partition coefficient (Wildman–Crippen LogP) is 1.41. The van der Waals surface area contributed by atoms with Crippen LogP contribution in [-0.4, -0.2) is 23.6 Å². The van der Waals surface area contributed by atoms with Gasteiger partial charge in [-0.2, -0.15) is 0 Å². The quantitative estimate of drug-likeness (QED) is 0.768.